The highest BCUT2D eigenvalue weighted by Gasteiger charge is 2.13. The minimum absolute atomic E-state index is 0.364. The fraction of sp³-hybridized carbons (Fsp3) is 0.333. The zero-order valence-corrected chi connectivity index (χ0v) is 8.21. The van der Waals surface area contributed by atoms with Crippen LogP contribution >= 0.6 is 12.2 Å². The first-order valence-electron chi connectivity index (χ1n) is 4.23. The van der Waals surface area contributed by atoms with Crippen LogP contribution in [0, 0.1) is 4.77 Å². The second-order valence-corrected chi connectivity index (χ2v) is 3.49. The number of aromatic nitrogens is 3. The van der Waals surface area contributed by atoms with Crippen LogP contribution in [0.5, 0.6) is 0 Å². The van der Waals surface area contributed by atoms with Crippen molar-refractivity contribution in [2.75, 3.05) is 0 Å². The van der Waals surface area contributed by atoms with Gasteiger partial charge in [-0.15, -0.1) is 0 Å². The Balaban J connectivity index is 2.36. The van der Waals surface area contributed by atoms with Gasteiger partial charge in [-0.3, -0.25) is 5.10 Å². The van der Waals surface area contributed by atoms with E-state index in [1.807, 2.05) is 17.7 Å². The van der Waals surface area contributed by atoms with E-state index in [2.05, 4.69) is 28.4 Å². The van der Waals surface area contributed by atoms with E-state index in [1.165, 1.54) is 0 Å². The maximum atomic E-state index is 5.05. The molecular weight excluding hydrogens is 182 g/mol. The Morgan fingerprint density at radius 1 is 1.62 bits per heavy atom. The van der Waals surface area contributed by atoms with Crippen molar-refractivity contribution in [1.82, 2.24) is 14.8 Å². The molecule has 1 unspecified atom stereocenters. The molecule has 0 saturated heterocycles. The van der Waals surface area contributed by atoms with Gasteiger partial charge in [0.25, 0.3) is 0 Å². The van der Waals surface area contributed by atoms with E-state index >= 15 is 0 Å². The number of aromatic amines is 1. The van der Waals surface area contributed by atoms with E-state index in [9.17, 15) is 0 Å². The molecule has 0 saturated carbocycles. The number of allylic oxidation sites excluding steroid dienone is 4. The number of nitrogens with one attached hydrogen (secondary N) is 1. The summed E-state index contributed by atoms with van der Waals surface area (Å²) in [4.78, 5) is 0. The fourth-order valence-electron chi connectivity index (χ4n) is 1.46. The summed E-state index contributed by atoms with van der Waals surface area (Å²) in [7, 11) is 1.94. The first kappa shape index (κ1) is 8.44. The maximum Gasteiger partial charge on any atom is 0.194 e. The summed E-state index contributed by atoms with van der Waals surface area (Å²) in [6.45, 7) is 0. The van der Waals surface area contributed by atoms with Gasteiger partial charge in [0.15, 0.2) is 4.77 Å². The number of hydrogen-bond acceptors (Lipinski definition) is 2. The molecule has 13 heavy (non-hydrogen) atoms. The topological polar surface area (TPSA) is 33.6 Å². The highest BCUT2D eigenvalue weighted by atomic mass is 32.1. The Hall–Kier alpha value is -1.16. The van der Waals surface area contributed by atoms with Crippen molar-refractivity contribution in [3.05, 3.63) is 34.9 Å². The average Bonchev–Trinajstić information content (AvgIpc) is 2.49. The molecule has 0 fully saturated rings. The summed E-state index contributed by atoms with van der Waals surface area (Å²) < 4.78 is 2.60. The zero-order valence-electron chi connectivity index (χ0n) is 7.40. The fourth-order valence-corrected chi connectivity index (χ4v) is 1.60. The monoisotopic (exact) mass is 193 g/mol. The molecule has 4 heteroatoms. The van der Waals surface area contributed by atoms with E-state index in [-0.39, 0.29) is 0 Å². The predicted molar refractivity (Wildman–Crippen MR) is 54.0 cm³/mol. The molecule has 68 valence electrons. The number of nitrogens with zero attached hydrogens (tertiary/aromatic N) is 2. The van der Waals surface area contributed by atoms with Gasteiger partial charge in [-0.1, -0.05) is 24.3 Å². The van der Waals surface area contributed by atoms with Crippen molar-refractivity contribution < 1.29 is 0 Å². The molecule has 1 aromatic rings. The molecular formula is C9H11N3S. The lowest BCUT2D eigenvalue weighted by molar-refractivity contribution is 0.707. The molecule has 1 aliphatic rings. The third-order valence-corrected chi connectivity index (χ3v) is 2.59. The lowest BCUT2D eigenvalue weighted by atomic mass is 10.0. The van der Waals surface area contributed by atoms with Crippen molar-refractivity contribution >= 4 is 12.2 Å². The second kappa shape index (κ2) is 3.30. The highest BCUT2D eigenvalue weighted by Crippen LogP contribution is 2.21. The smallest absolute Gasteiger partial charge is 0.194 e. The van der Waals surface area contributed by atoms with Crippen molar-refractivity contribution in [3.63, 3.8) is 0 Å². The van der Waals surface area contributed by atoms with Gasteiger partial charge in [0, 0.05) is 13.0 Å². The van der Waals surface area contributed by atoms with E-state index in [0.717, 1.165) is 12.2 Å². The molecule has 0 aromatic carbocycles. The predicted octanol–water partition coefficient (Wildman–Crippen LogP) is 2.08. The molecule has 2 rings (SSSR count). The summed E-state index contributed by atoms with van der Waals surface area (Å²) in [5.74, 6) is 1.37. The highest BCUT2D eigenvalue weighted by molar-refractivity contribution is 7.71. The third-order valence-electron chi connectivity index (χ3n) is 2.23. The van der Waals surface area contributed by atoms with Crippen molar-refractivity contribution in [2.24, 2.45) is 7.05 Å². The maximum absolute atomic E-state index is 5.05. The van der Waals surface area contributed by atoms with Gasteiger partial charge in [-0.05, 0) is 18.6 Å². The summed E-state index contributed by atoms with van der Waals surface area (Å²) in [6, 6.07) is 0. The van der Waals surface area contributed by atoms with Crippen LogP contribution in [0.2, 0.25) is 0 Å². The van der Waals surface area contributed by atoms with E-state index < -0.39 is 0 Å². The van der Waals surface area contributed by atoms with Crippen LogP contribution in [-0.4, -0.2) is 14.8 Å². The van der Waals surface area contributed by atoms with Gasteiger partial charge in [0.05, 0.1) is 0 Å². The van der Waals surface area contributed by atoms with Gasteiger partial charge in [0.1, 0.15) is 5.82 Å². The SMILES string of the molecule is Cn1c(C2C=CC=CC2)n[nH]c1=S. The van der Waals surface area contributed by atoms with Gasteiger partial charge in [-0.25, -0.2) is 0 Å². The lowest BCUT2D eigenvalue weighted by Gasteiger charge is -2.11. The van der Waals surface area contributed by atoms with Crippen molar-refractivity contribution in [3.8, 4) is 0 Å². The molecule has 1 N–H and O–H groups in total. The molecule has 1 atom stereocenters. The third kappa shape index (κ3) is 1.49. The van der Waals surface area contributed by atoms with Gasteiger partial charge >= 0.3 is 0 Å². The van der Waals surface area contributed by atoms with E-state index in [4.69, 9.17) is 12.2 Å². The van der Waals surface area contributed by atoms with E-state index in [0.29, 0.717) is 10.7 Å². The van der Waals surface area contributed by atoms with Crippen LogP contribution in [0.15, 0.2) is 24.3 Å². The normalized spacial score (nSPS) is 20.8. The minimum atomic E-state index is 0.364. The van der Waals surface area contributed by atoms with Crippen LogP contribution < -0.4 is 0 Å². The van der Waals surface area contributed by atoms with Gasteiger partial charge in [0.2, 0.25) is 0 Å². The van der Waals surface area contributed by atoms with Crippen LogP contribution in [0.4, 0.5) is 0 Å². The van der Waals surface area contributed by atoms with Crippen LogP contribution in [-0.2, 0) is 7.05 Å². The van der Waals surface area contributed by atoms with Crippen molar-refractivity contribution in [1.29, 1.82) is 0 Å². The molecule has 0 aliphatic heterocycles. The molecule has 0 amide bonds. The Morgan fingerprint density at radius 2 is 2.46 bits per heavy atom. The van der Waals surface area contributed by atoms with E-state index in [1.54, 1.807) is 0 Å². The summed E-state index contributed by atoms with van der Waals surface area (Å²) in [5.41, 5.74) is 0. The molecule has 3 nitrogen and oxygen atoms in total. The number of hydrogen-bond donors (Lipinski definition) is 1. The molecule has 1 heterocycles. The summed E-state index contributed by atoms with van der Waals surface area (Å²) >= 11 is 5.05. The Bertz CT molecular complexity index is 411. The first-order chi connectivity index (χ1) is 6.29. The average molecular weight is 193 g/mol. The lowest BCUT2D eigenvalue weighted by Crippen LogP contribution is -2.04. The van der Waals surface area contributed by atoms with Crippen LogP contribution in [0.1, 0.15) is 18.2 Å². The molecule has 1 aromatic heterocycles. The largest absolute Gasteiger partial charge is 0.307 e. The molecule has 0 spiro atoms. The van der Waals surface area contributed by atoms with Gasteiger partial charge in [-0.2, -0.15) is 5.10 Å². The quantitative estimate of drug-likeness (QED) is 0.693. The van der Waals surface area contributed by atoms with Crippen LogP contribution in [0.25, 0.3) is 0 Å². The number of H-pyrrole nitrogens is 1. The Kier molecular flexibility index (Phi) is 2.14. The molecule has 1 aliphatic carbocycles. The Morgan fingerprint density at radius 3 is 3.00 bits per heavy atom. The molecule has 0 radical (unpaired) electrons. The van der Waals surface area contributed by atoms with Crippen molar-refractivity contribution in [2.45, 2.75) is 12.3 Å². The molecule has 0 bridgehead atoms. The van der Waals surface area contributed by atoms with Gasteiger partial charge < -0.3 is 4.57 Å². The Labute approximate surface area is 81.8 Å². The standard InChI is InChI=1S/C9H11N3S/c1-12-8(10-11-9(12)13)7-5-3-2-4-6-7/h2-5,7H,6H2,1H3,(H,11,13). The summed E-state index contributed by atoms with van der Waals surface area (Å²) in [6.07, 6.45) is 9.39. The minimum Gasteiger partial charge on any atom is -0.307 e. The number of rotatable bonds is 1. The first-order valence-corrected chi connectivity index (χ1v) is 4.64. The van der Waals surface area contributed by atoms with Crippen LogP contribution in [0.3, 0.4) is 0 Å². The second-order valence-electron chi connectivity index (χ2n) is 3.10. The summed E-state index contributed by atoms with van der Waals surface area (Å²) in [5, 5.41) is 6.99. The zero-order chi connectivity index (χ0) is 9.26.